The van der Waals surface area contributed by atoms with E-state index in [4.69, 9.17) is 22.1 Å². The van der Waals surface area contributed by atoms with E-state index in [0.717, 1.165) is 17.1 Å². The van der Waals surface area contributed by atoms with Crippen LogP contribution in [-0.4, -0.2) is 25.8 Å². The van der Waals surface area contributed by atoms with Crippen LogP contribution < -0.4 is 11.1 Å². The minimum absolute atomic E-state index is 0.206. The van der Waals surface area contributed by atoms with Gasteiger partial charge in [0.2, 0.25) is 0 Å². The largest absolute Gasteiger partial charge is 0.382 e. The third-order valence-corrected chi connectivity index (χ3v) is 2.99. The summed E-state index contributed by atoms with van der Waals surface area (Å²) < 4.78 is 5.22. The van der Waals surface area contributed by atoms with E-state index in [2.05, 4.69) is 12.2 Å². The van der Waals surface area contributed by atoms with Crippen molar-refractivity contribution < 1.29 is 4.74 Å². The molecule has 0 spiro atoms. The van der Waals surface area contributed by atoms with Crippen LogP contribution in [0.25, 0.3) is 0 Å². The van der Waals surface area contributed by atoms with Crippen LogP contribution in [0.1, 0.15) is 13.3 Å². The standard InChI is InChI=1S/C12H19ClN2O/c1-3-12(8-14,9-16-2)15-11-6-4-10(13)5-7-11/h4-7,15H,3,8-9,14H2,1-2H3. The Hall–Kier alpha value is -0.770. The van der Waals surface area contributed by atoms with Crippen LogP contribution in [0, 0.1) is 0 Å². The maximum atomic E-state index is 5.83. The third kappa shape index (κ3) is 3.37. The first-order valence-electron chi connectivity index (χ1n) is 5.38. The summed E-state index contributed by atoms with van der Waals surface area (Å²) in [7, 11) is 1.68. The quantitative estimate of drug-likeness (QED) is 0.806. The van der Waals surface area contributed by atoms with E-state index in [1.54, 1.807) is 7.11 Å². The fourth-order valence-corrected chi connectivity index (χ4v) is 1.72. The van der Waals surface area contributed by atoms with Gasteiger partial charge in [-0.3, -0.25) is 0 Å². The van der Waals surface area contributed by atoms with Gasteiger partial charge in [0, 0.05) is 24.4 Å². The number of methoxy groups -OCH3 is 1. The first-order valence-corrected chi connectivity index (χ1v) is 5.76. The molecule has 3 N–H and O–H groups in total. The molecule has 0 aromatic heterocycles. The minimum Gasteiger partial charge on any atom is -0.382 e. The van der Waals surface area contributed by atoms with Gasteiger partial charge < -0.3 is 15.8 Å². The Labute approximate surface area is 102 Å². The summed E-state index contributed by atoms with van der Waals surface area (Å²) in [5.74, 6) is 0. The van der Waals surface area contributed by atoms with Crippen LogP contribution in [0.4, 0.5) is 5.69 Å². The molecule has 16 heavy (non-hydrogen) atoms. The molecule has 0 bridgehead atoms. The Morgan fingerprint density at radius 2 is 2.00 bits per heavy atom. The van der Waals surface area contributed by atoms with Crippen LogP contribution >= 0.6 is 11.6 Å². The van der Waals surface area contributed by atoms with Crippen molar-refractivity contribution in [3.63, 3.8) is 0 Å². The molecule has 0 heterocycles. The first-order chi connectivity index (χ1) is 7.65. The number of anilines is 1. The second-order valence-corrected chi connectivity index (χ2v) is 4.34. The average molecular weight is 243 g/mol. The Morgan fingerprint density at radius 1 is 1.38 bits per heavy atom. The molecule has 1 unspecified atom stereocenters. The van der Waals surface area contributed by atoms with Crippen LogP contribution in [0.2, 0.25) is 5.02 Å². The summed E-state index contributed by atoms with van der Waals surface area (Å²) in [4.78, 5) is 0. The highest BCUT2D eigenvalue weighted by Crippen LogP contribution is 2.20. The zero-order valence-corrected chi connectivity index (χ0v) is 10.6. The lowest BCUT2D eigenvalue weighted by Gasteiger charge is -2.33. The Balaban J connectivity index is 2.78. The van der Waals surface area contributed by atoms with Crippen molar-refractivity contribution in [3.8, 4) is 0 Å². The molecule has 0 saturated carbocycles. The maximum Gasteiger partial charge on any atom is 0.0725 e. The molecule has 3 nitrogen and oxygen atoms in total. The number of hydrogen-bond acceptors (Lipinski definition) is 3. The maximum absolute atomic E-state index is 5.83. The van der Waals surface area contributed by atoms with E-state index >= 15 is 0 Å². The zero-order chi connectivity index (χ0) is 12.0. The number of nitrogens with two attached hydrogens (primary N) is 1. The Bertz CT molecular complexity index is 309. The molecule has 0 aliphatic rings. The number of hydrogen-bond donors (Lipinski definition) is 2. The molecule has 0 fully saturated rings. The summed E-state index contributed by atoms with van der Waals surface area (Å²) in [5, 5.41) is 4.14. The normalized spacial score (nSPS) is 14.5. The van der Waals surface area contributed by atoms with E-state index in [9.17, 15) is 0 Å². The minimum atomic E-state index is -0.206. The molecular weight excluding hydrogens is 224 g/mol. The van der Waals surface area contributed by atoms with E-state index in [1.807, 2.05) is 24.3 Å². The topological polar surface area (TPSA) is 47.3 Å². The van der Waals surface area contributed by atoms with E-state index in [1.165, 1.54) is 0 Å². The fraction of sp³-hybridized carbons (Fsp3) is 0.500. The first kappa shape index (κ1) is 13.3. The molecular formula is C12H19ClN2O. The third-order valence-electron chi connectivity index (χ3n) is 2.74. The average Bonchev–Trinajstić information content (AvgIpc) is 2.31. The summed E-state index contributed by atoms with van der Waals surface area (Å²) in [5.41, 5.74) is 6.62. The predicted octanol–water partition coefficient (Wildman–Crippen LogP) is 2.51. The number of halogens is 1. The molecule has 1 rings (SSSR count). The van der Waals surface area contributed by atoms with Crippen molar-refractivity contribution in [3.05, 3.63) is 29.3 Å². The second kappa shape index (κ2) is 6.09. The van der Waals surface area contributed by atoms with Gasteiger partial charge in [-0.1, -0.05) is 18.5 Å². The second-order valence-electron chi connectivity index (χ2n) is 3.90. The van der Waals surface area contributed by atoms with Crippen molar-refractivity contribution in [2.75, 3.05) is 25.6 Å². The summed E-state index contributed by atoms with van der Waals surface area (Å²) in [6, 6.07) is 7.59. The highest BCUT2D eigenvalue weighted by molar-refractivity contribution is 6.30. The summed E-state index contributed by atoms with van der Waals surface area (Å²) in [6.45, 7) is 3.21. The van der Waals surface area contributed by atoms with Gasteiger partial charge in [0.05, 0.1) is 12.1 Å². The molecule has 0 radical (unpaired) electrons. The van der Waals surface area contributed by atoms with Gasteiger partial charge in [0.15, 0.2) is 0 Å². The SMILES string of the molecule is CCC(CN)(COC)Nc1ccc(Cl)cc1. The van der Waals surface area contributed by atoms with Crippen molar-refractivity contribution in [1.29, 1.82) is 0 Å². The van der Waals surface area contributed by atoms with Gasteiger partial charge in [0.1, 0.15) is 0 Å². The number of benzene rings is 1. The van der Waals surface area contributed by atoms with E-state index in [0.29, 0.717) is 13.2 Å². The summed E-state index contributed by atoms with van der Waals surface area (Å²) >= 11 is 5.83. The van der Waals surface area contributed by atoms with Gasteiger partial charge in [-0.25, -0.2) is 0 Å². The van der Waals surface area contributed by atoms with Crippen molar-refractivity contribution in [2.45, 2.75) is 18.9 Å². The van der Waals surface area contributed by atoms with Crippen LogP contribution in [-0.2, 0) is 4.74 Å². The Kier molecular flexibility index (Phi) is 5.06. The van der Waals surface area contributed by atoms with Gasteiger partial charge >= 0.3 is 0 Å². The zero-order valence-electron chi connectivity index (χ0n) is 9.79. The summed E-state index contributed by atoms with van der Waals surface area (Å²) in [6.07, 6.45) is 0.903. The molecule has 4 heteroatoms. The number of nitrogens with one attached hydrogen (secondary N) is 1. The highest BCUT2D eigenvalue weighted by Gasteiger charge is 2.26. The van der Waals surface area contributed by atoms with Gasteiger partial charge in [-0.2, -0.15) is 0 Å². The number of rotatable bonds is 6. The lowest BCUT2D eigenvalue weighted by atomic mass is 9.97. The highest BCUT2D eigenvalue weighted by atomic mass is 35.5. The van der Waals surface area contributed by atoms with Gasteiger partial charge in [-0.05, 0) is 30.7 Å². The fourth-order valence-electron chi connectivity index (χ4n) is 1.60. The van der Waals surface area contributed by atoms with Crippen molar-refractivity contribution >= 4 is 17.3 Å². The monoisotopic (exact) mass is 242 g/mol. The lowest BCUT2D eigenvalue weighted by molar-refractivity contribution is 0.143. The van der Waals surface area contributed by atoms with E-state index < -0.39 is 0 Å². The lowest BCUT2D eigenvalue weighted by Crippen LogP contribution is -2.48. The molecule has 1 aromatic carbocycles. The molecule has 1 atom stereocenters. The smallest absolute Gasteiger partial charge is 0.0725 e. The van der Waals surface area contributed by atoms with Crippen LogP contribution in [0.3, 0.4) is 0 Å². The van der Waals surface area contributed by atoms with Crippen molar-refractivity contribution in [1.82, 2.24) is 0 Å². The number of ether oxygens (including phenoxy) is 1. The molecule has 0 aliphatic heterocycles. The van der Waals surface area contributed by atoms with E-state index in [-0.39, 0.29) is 5.54 Å². The molecule has 0 aliphatic carbocycles. The van der Waals surface area contributed by atoms with Crippen LogP contribution in [0.5, 0.6) is 0 Å². The van der Waals surface area contributed by atoms with Crippen LogP contribution in [0.15, 0.2) is 24.3 Å². The Morgan fingerprint density at radius 3 is 2.44 bits per heavy atom. The molecule has 0 amide bonds. The molecule has 1 aromatic rings. The predicted molar refractivity (Wildman–Crippen MR) is 69.0 cm³/mol. The van der Waals surface area contributed by atoms with Gasteiger partial charge in [0.25, 0.3) is 0 Å². The van der Waals surface area contributed by atoms with Gasteiger partial charge in [-0.15, -0.1) is 0 Å². The van der Waals surface area contributed by atoms with Crippen molar-refractivity contribution in [2.24, 2.45) is 5.73 Å². The molecule has 90 valence electrons. The molecule has 0 saturated heterocycles.